The number of nitrogens with zero attached hydrogens (tertiary/aromatic N) is 2. The summed E-state index contributed by atoms with van der Waals surface area (Å²) in [5, 5.41) is 3.58. The zero-order valence-corrected chi connectivity index (χ0v) is 10.3. The lowest BCUT2D eigenvalue weighted by Crippen LogP contribution is -2.36. The number of oxime groups is 1. The summed E-state index contributed by atoms with van der Waals surface area (Å²) in [5.74, 6) is -0.420. The van der Waals surface area contributed by atoms with Crippen molar-refractivity contribution in [1.82, 2.24) is 0 Å². The zero-order chi connectivity index (χ0) is 12.8. The Morgan fingerprint density at radius 1 is 1.33 bits per heavy atom. The van der Waals surface area contributed by atoms with Crippen LogP contribution < -0.4 is 4.90 Å². The number of rotatable bonds is 3. The highest BCUT2D eigenvalue weighted by molar-refractivity contribution is 5.80. The first-order chi connectivity index (χ1) is 8.75. The van der Waals surface area contributed by atoms with Gasteiger partial charge in [0.2, 0.25) is 0 Å². The van der Waals surface area contributed by atoms with Gasteiger partial charge in [-0.25, -0.2) is 4.79 Å². The number of benzene rings is 1. The highest BCUT2D eigenvalue weighted by Gasteiger charge is 2.10. The molecule has 0 saturated carbocycles. The van der Waals surface area contributed by atoms with Crippen molar-refractivity contribution in [1.29, 1.82) is 0 Å². The van der Waals surface area contributed by atoms with Crippen LogP contribution in [0, 0.1) is 0 Å². The molecule has 96 valence electrons. The van der Waals surface area contributed by atoms with Gasteiger partial charge >= 0.3 is 5.97 Å². The molecule has 0 radical (unpaired) electrons. The van der Waals surface area contributed by atoms with Crippen molar-refractivity contribution in [3.63, 3.8) is 0 Å². The Morgan fingerprint density at radius 2 is 2.00 bits per heavy atom. The van der Waals surface area contributed by atoms with Crippen molar-refractivity contribution in [2.24, 2.45) is 5.16 Å². The van der Waals surface area contributed by atoms with E-state index >= 15 is 0 Å². The number of carbonyl (C=O) groups excluding carboxylic acids is 1. The Hall–Kier alpha value is -1.88. The van der Waals surface area contributed by atoms with Crippen LogP contribution in [0.3, 0.4) is 0 Å². The van der Waals surface area contributed by atoms with E-state index < -0.39 is 5.97 Å². The molecule has 0 atom stereocenters. The minimum absolute atomic E-state index is 0.420. The smallest absolute Gasteiger partial charge is 0.331 e. The quantitative estimate of drug-likeness (QED) is 0.461. The lowest BCUT2D eigenvalue weighted by molar-refractivity contribution is -0.140. The molecule has 1 aliphatic rings. The molecule has 18 heavy (non-hydrogen) atoms. The Labute approximate surface area is 106 Å². The molecule has 0 aromatic heterocycles. The third-order valence-corrected chi connectivity index (χ3v) is 2.65. The molecular weight excluding hydrogens is 232 g/mol. The fourth-order valence-electron chi connectivity index (χ4n) is 1.75. The van der Waals surface area contributed by atoms with E-state index in [0.29, 0.717) is 0 Å². The minimum atomic E-state index is -0.420. The number of morpholine rings is 1. The van der Waals surface area contributed by atoms with Crippen molar-refractivity contribution in [3.8, 4) is 0 Å². The van der Waals surface area contributed by atoms with Crippen molar-refractivity contribution >= 4 is 17.9 Å². The normalized spacial score (nSPS) is 15.9. The first-order valence-electron chi connectivity index (χ1n) is 5.89. The number of hydrogen-bond acceptors (Lipinski definition) is 5. The van der Waals surface area contributed by atoms with Gasteiger partial charge < -0.3 is 14.5 Å². The molecule has 2 rings (SSSR count). The van der Waals surface area contributed by atoms with E-state index in [1.807, 2.05) is 24.3 Å². The largest absolute Gasteiger partial charge is 0.378 e. The molecule has 0 unspecified atom stereocenters. The van der Waals surface area contributed by atoms with E-state index in [2.05, 4.69) is 14.9 Å². The highest BCUT2D eigenvalue weighted by atomic mass is 16.7. The molecule has 1 aromatic carbocycles. The summed E-state index contributed by atoms with van der Waals surface area (Å²) in [6.45, 7) is 4.70. The molecule has 0 bridgehead atoms. The molecule has 5 nitrogen and oxygen atoms in total. The molecule has 1 aliphatic heterocycles. The van der Waals surface area contributed by atoms with E-state index in [0.717, 1.165) is 31.9 Å². The molecule has 1 saturated heterocycles. The van der Waals surface area contributed by atoms with Crippen LogP contribution in [0.5, 0.6) is 0 Å². The Kier molecular flexibility index (Phi) is 4.30. The molecule has 1 aromatic rings. The fraction of sp³-hybridized carbons (Fsp3) is 0.385. The van der Waals surface area contributed by atoms with E-state index in [4.69, 9.17) is 4.74 Å². The highest BCUT2D eigenvalue weighted by Crippen LogP contribution is 2.15. The summed E-state index contributed by atoms with van der Waals surface area (Å²) in [5.41, 5.74) is 2.07. The fourth-order valence-corrected chi connectivity index (χ4v) is 1.75. The van der Waals surface area contributed by atoms with Gasteiger partial charge in [-0.2, -0.15) is 0 Å². The lowest BCUT2D eigenvalue weighted by Gasteiger charge is -2.28. The van der Waals surface area contributed by atoms with Gasteiger partial charge in [-0.1, -0.05) is 17.3 Å². The van der Waals surface area contributed by atoms with E-state index in [1.165, 1.54) is 18.8 Å². The van der Waals surface area contributed by atoms with Crippen LogP contribution in [-0.2, 0) is 14.4 Å². The van der Waals surface area contributed by atoms with Gasteiger partial charge in [-0.3, -0.25) is 0 Å². The van der Waals surface area contributed by atoms with Gasteiger partial charge in [-0.05, 0) is 17.7 Å². The van der Waals surface area contributed by atoms with Crippen LogP contribution in [0.1, 0.15) is 12.5 Å². The van der Waals surface area contributed by atoms with Crippen molar-refractivity contribution in [3.05, 3.63) is 29.8 Å². The molecule has 0 aliphatic carbocycles. The summed E-state index contributed by atoms with van der Waals surface area (Å²) in [6, 6.07) is 7.94. The lowest BCUT2D eigenvalue weighted by atomic mass is 10.2. The average Bonchev–Trinajstić information content (AvgIpc) is 2.40. The van der Waals surface area contributed by atoms with Crippen LogP contribution in [0.25, 0.3) is 0 Å². The van der Waals surface area contributed by atoms with Gasteiger partial charge in [0.05, 0.1) is 19.4 Å². The van der Waals surface area contributed by atoms with Gasteiger partial charge in [0, 0.05) is 25.7 Å². The van der Waals surface area contributed by atoms with E-state index in [1.54, 1.807) is 0 Å². The summed E-state index contributed by atoms with van der Waals surface area (Å²) < 4.78 is 5.31. The van der Waals surface area contributed by atoms with Crippen LogP contribution in [0.4, 0.5) is 5.69 Å². The van der Waals surface area contributed by atoms with Crippen molar-refractivity contribution in [2.45, 2.75) is 6.92 Å². The van der Waals surface area contributed by atoms with Gasteiger partial charge in [0.15, 0.2) is 0 Å². The number of hydrogen-bond donors (Lipinski definition) is 0. The SMILES string of the molecule is CC(=O)ON=Cc1ccc(N2CCOCC2)cc1. The van der Waals surface area contributed by atoms with Crippen molar-refractivity contribution < 1.29 is 14.4 Å². The third-order valence-electron chi connectivity index (χ3n) is 2.65. The number of carbonyl (C=O) groups is 1. The molecular formula is C13H16N2O3. The van der Waals surface area contributed by atoms with E-state index in [9.17, 15) is 4.79 Å². The van der Waals surface area contributed by atoms with E-state index in [-0.39, 0.29) is 0 Å². The molecule has 1 fully saturated rings. The molecule has 1 heterocycles. The van der Waals surface area contributed by atoms with Crippen LogP contribution in [0.2, 0.25) is 0 Å². The second kappa shape index (κ2) is 6.16. The Bertz CT molecular complexity index is 422. The Balaban J connectivity index is 1.96. The second-order valence-corrected chi connectivity index (χ2v) is 4.01. The first kappa shape index (κ1) is 12.6. The minimum Gasteiger partial charge on any atom is -0.378 e. The van der Waals surface area contributed by atoms with Gasteiger partial charge in [-0.15, -0.1) is 0 Å². The topological polar surface area (TPSA) is 51.1 Å². The summed E-state index contributed by atoms with van der Waals surface area (Å²) >= 11 is 0. The maximum Gasteiger partial charge on any atom is 0.331 e. The summed E-state index contributed by atoms with van der Waals surface area (Å²) in [4.78, 5) is 17.3. The predicted octanol–water partition coefficient (Wildman–Crippen LogP) is 1.42. The van der Waals surface area contributed by atoms with Gasteiger partial charge in [0.25, 0.3) is 0 Å². The second-order valence-electron chi connectivity index (χ2n) is 4.01. The molecule has 5 heteroatoms. The maximum absolute atomic E-state index is 10.5. The standard InChI is InChI=1S/C13H16N2O3/c1-11(16)18-14-10-12-2-4-13(5-3-12)15-6-8-17-9-7-15/h2-5,10H,6-9H2,1H3. The van der Waals surface area contributed by atoms with Gasteiger partial charge in [0.1, 0.15) is 0 Å². The molecule has 0 N–H and O–H groups in total. The molecule has 0 amide bonds. The van der Waals surface area contributed by atoms with Crippen LogP contribution in [-0.4, -0.2) is 38.5 Å². The third kappa shape index (κ3) is 3.56. The average molecular weight is 248 g/mol. The summed E-state index contributed by atoms with van der Waals surface area (Å²) in [7, 11) is 0. The van der Waals surface area contributed by atoms with Crippen LogP contribution in [0.15, 0.2) is 29.4 Å². The number of ether oxygens (including phenoxy) is 1. The van der Waals surface area contributed by atoms with Crippen molar-refractivity contribution in [2.75, 3.05) is 31.2 Å². The monoisotopic (exact) mass is 248 g/mol. The Morgan fingerprint density at radius 3 is 2.61 bits per heavy atom. The first-order valence-corrected chi connectivity index (χ1v) is 5.89. The van der Waals surface area contributed by atoms with Crippen LogP contribution >= 0.6 is 0 Å². The zero-order valence-electron chi connectivity index (χ0n) is 10.3. The maximum atomic E-state index is 10.5. The molecule has 0 spiro atoms. The number of anilines is 1. The predicted molar refractivity (Wildman–Crippen MR) is 68.8 cm³/mol. The summed E-state index contributed by atoms with van der Waals surface area (Å²) in [6.07, 6.45) is 1.52.